The van der Waals surface area contributed by atoms with Gasteiger partial charge in [0.05, 0.1) is 11.4 Å². The molecule has 1 aromatic heterocycles. The van der Waals surface area contributed by atoms with E-state index in [0.717, 1.165) is 17.9 Å². The topological polar surface area (TPSA) is 41.0 Å². The van der Waals surface area contributed by atoms with Crippen LogP contribution in [0.1, 0.15) is 31.2 Å². The minimum atomic E-state index is 0.640. The lowest BCUT2D eigenvalue weighted by molar-refractivity contribution is 0.205. The Labute approximate surface area is 103 Å². The minimum absolute atomic E-state index is 0.640. The van der Waals surface area contributed by atoms with Crippen LogP contribution in [0.5, 0.6) is 0 Å². The van der Waals surface area contributed by atoms with Gasteiger partial charge in [-0.15, -0.1) is 0 Å². The predicted octanol–water partition coefficient (Wildman–Crippen LogP) is 1.36. The fraction of sp³-hybridized carbons (Fsp3) is 0.692. The van der Waals surface area contributed by atoms with Gasteiger partial charge < -0.3 is 10.2 Å². The molecule has 0 spiro atoms. The smallest absolute Gasteiger partial charge is 0.0724 e. The average Bonchev–Trinajstić information content (AvgIpc) is 2.39. The van der Waals surface area contributed by atoms with Crippen LogP contribution in [0, 0.1) is 6.92 Å². The van der Waals surface area contributed by atoms with Gasteiger partial charge in [-0.25, -0.2) is 0 Å². The van der Waals surface area contributed by atoms with Gasteiger partial charge in [-0.2, -0.15) is 0 Å². The third-order valence-corrected chi connectivity index (χ3v) is 3.44. The minimum Gasteiger partial charge on any atom is -0.308 e. The highest BCUT2D eigenvalue weighted by molar-refractivity contribution is 5.00. The third kappa shape index (κ3) is 3.75. The van der Waals surface area contributed by atoms with Crippen LogP contribution in [-0.2, 0) is 6.54 Å². The van der Waals surface area contributed by atoms with Crippen LogP contribution in [-0.4, -0.2) is 40.5 Å². The predicted molar refractivity (Wildman–Crippen MR) is 68.7 cm³/mol. The van der Waals surface area contributed by atoms with E-state index in [1.807, 2.05) is 19.3 Å². The summed E-state index contributed by atoms with van der Waals surface area (Å²) >= 11 is 0. The van der Waals surface area contributed by atoms with Crippen molar-refractivity contribution < 1.29 is 0 Å². The lowest BCUT2D eigenvalue weighted by Gasteiger charge is -2.31. The number of aryl methyl sites for hydroxylation is 1. The lowest BCUT2D eigenvalue weighted by atomic mass is 10.1. The number of rotatable bonds is 4. The van der Waals surface area contributed by atoms with Gasteiger partial charge in [-0.3, -0.25) is 9.97 Å². The lowest BCUT2D eigenvalue weighted by Crippen LogP contribution is -2.42. The second-order valence-electron chi connectivity index (χ2n) is 4.74. The highest BCUT2D eigenvalue weighted by atomic mass is 15.1. The van der Waals surface area contributed by atoms with E-state index in [1.54, 1.807) is 0 Å². The monoisotopic (exact) mass is 234 g/mol. The molecule has 1 N–H and O–H groups in total. The van der Waals surface area contributed by atoms with Crippen LogP contribution in [0.3, 0.4) is 0 Å². The molecule has 1 aromatic rings. The molecule has 0 amide bonds. The molecule has 0 aliphatic carbocycles. The summed E-state index contributed by atoms with van der Waals surface area (Å²) in [5.41, 5.74) is 2.01. The van der Waals surface area contributed by atoms with E-state index in [0.29, 0.717) is 6.04 Å². The summed E-state index contributed by atoms with van der Waals surface area (Å²) < 4.78 is 0. The van der Waals surface area contributed by atoms with Crippen molar-refractivity contribution in [1.82, 2.24) is 20.2 Å². The highest BCUT2D eigenvalue weighted by Crippen LogP contribution is 2.10. The summed E-state index contributed by atoms with van der Waals surface area (Å²) in [4.78, 5) is 11.1. The molecule has 0 saturated carbocycles. The maximum atomic E-state index is 4.36. The van der Waals surface area contributed by atoms with Crippen LogP contribution >= 0.6 is 0 Å². The Hall–Kier alpha value is -1.00. The van der Waals surface area contributed by atoms with E-state index in [9.17, 15) is 0 Å². The molecular formula is C13H22N4. The van der Waals surface area contributed by atoms with Gasteiger partial charge in [-0.05, 0) is 39.4 Å². The molecule has 0 radical (unpaired) electrons. The SMILES string of the molecule is CCN1CCC(NCc2cnc(C)cn2)CC1. The van der Waals surface area contributed by atoms with Crippen LogP contribution < -0.4 is 5.32 Å². The second kappa shape index (κ2) is 6.07. The molecule has 17 heavy (non-hydrogen) atoms. The number of nitrogens with zero attached hydrogens (tertiary/aromatic N) is 3. The van der Waals surface area contributed by atoms with Gasteiger partial charge in [0, 0.05) is 25.0 Å². The zero-order valence-electron chi connectivity index (χ0n) is 10.8. The van der Waals surface area contributed by atoms with Crippen LogP contribution in [0.25, 0.3) is 0 Å². The first-order chi connectivity index (χ1) is 8.28. The van der Waals surface area contributed by atoms with Crippen molar-refractivity contribution in [3.63, 3.8) is 0 Å². The van der Waals surface area contributed by atoms with Gasteiger partial charge in [0.15, 0.2) is 0 Å². The molecule has 2 heterocycles. The van der Waals surface area contributed by atoms with E-state index < -0.39 is 0 Å². The molecule has 4 heteroatoms. The van der Waals surface area contributed by atoms with Crippen molar-refractivity contribution >= 4 is 0 Å². The molecule has 1 saturated heterocycles. The Morgan fingerprint density at radius 3 is 2.65 bits per heavy atom. The molecule has 1 aliphatic heterocycles. The molecule has 94 valence electrons. The van der Waals surface area contributed by atoms with E-state index in [2.05, 4.69) is 27.1 Å². The first kappa shape index (κ1) is 12.5. The quantitative estimate of drug-likeness (QED) is 0.854. The van der Waals surface area contributed by atoms with E-state index in [1.165, 1.54) is 32.5 Å². The summed E-state index contributed by atoms with van der Waals surface area (Å²) in [7, 11) is 0. The Balaban J connectivity index is 1.74. The van der Waals surface area contributed by atoms with Gasteiger partial charge in [0.25, 0.3) is 0 Å². The summed E-state index contributed by atoms with van der Waals surface area (Å²) in [5, 5.41) is 3.57. The zero-order chi connectivity index (χ0) is 12.1. The van der Waals surface area contributed by atoms with Crippen LogP contribution in [0.15, 0.2) is 12.4 Å². The second-order valence-corrected chi connectivity index (χ2v) is 4.74. The van der Waals surface area contributed by atoms with Crippen LogP contribution in [0.4, 0.5) is 0 Å². The van der Waals surface area contributed by atoms with Gasteiger partial charge >= 0.3 is 0 Å². The molecule has 0 aromatic carbocycles. The first-order valence-corrected chi connectivity index (χ1v) is 6.51. The van der Waals surface area contributed by atoms with Crippen molar-refractivity contribution in [1.29, 1.82) is 0 Å². The zero-order valence-corrected chi connectivity index (χ0v) is 10.8. The van der Waals surface area contributed by atoms with Gasteiger partial charge in [0.1, 0.15) is 0 Å². The standard InChI is InChI=1S/C13H22N4/c1-3-17-6-4-12(5-7-17)16-10-13-9-14-11(2)8-15-13/h8-9,12,16H,3-7,10H2,1-2H3. The summed E-state index contributed by atoms with van der Waals surface area (Å²) in [5.74, 6) is 0. The van der Waals surface area contributed by atoms with Crippen molar-refractivity contribution in [2.75, 3.05) is 19.6 Å². The molecule has 1 fully saturated rings. The number of hydrogen-bond donors (Lipinski definition) is 1. The molecule has 0 atom stereocenters. The molecular weight excluding hydrogens is 212 g/mol. The fourth-order valence-corrected chi connectivity index (χ4v) is 2.21. The van der Waals surface area contributed by atoms with Gasteiger partial charge in [-0.1, -0.05) is 6.92 Å². The molecule has 4 nitrogen and oxygen atoms in total. The molecule has 0 bridgehead atoms. The Bertz CT molecular complexity index is 328. The van der Waals surface area contributed by atoms with E-state index in [-0.39, 0.29) is 0 Å². The number of hydrogen-bond acceptors (Lipinski definition) is 4. The van der Waals surface area contributed by atoms with E-state index in [4.69, 9.17) is 0 Å². The first-order valence-electron chi connectivity index (χ1n) is 6.51. The largest absolute Gasteiger partial charge is 0.308 e. The maximum Gasteiger partial charge on any atom is 0.0724 e. The number of nitrogens with one attached hydrogen (secondary N) is 1. The Morgan fingerprint density at radius 2 is 2.06 bits per heavy atom. The molecule has 1 aliphatic rings. The average molecular weight is 234 g/mol. The number of likely N-dealkylation sites (tertiary alicyclic amines) is 1. The maximum absolute atomic E-state index is 4.36. The third-order valence-electron chi connectivity index (χ3n) is 3.44. The Kier molecular flexibility index (Phi) is 4.45. The normalized spacial score (nSPS) is 18.5. The van der Waals surface area contributed by atoms with Crippen molar-refractivity contribution in [3.8, 4) is 0 Å². The molecule has 0 unspecified atom stereocenters. The van der Waals surface area contributed by atoms with E-state index >= 15 is 0 Å². The molecule has 2 rings (SSSR count). The number of piperidine rings is 1. The number of aromatic nitrogens is 2. The van der Waals surface area contributed by atoms with Crippen molar-refractivity contribution in [2.24, 2.45) is 0 Å². The summed E-state index contributed by atoms with van der Waals surface area (Å²) in [6.45, 7) is 8.64. The van der Waals surface area contributed by atoms with Crippen LogP contribution in [0.2, 0.25) is 0 Å². The summed E-state index contributed by atoms with van der Waals surface area (Å²) in [6, 6.07) is 0.640. The Morgan fingerprint density at radius 1 is 1.29 bits per heavy atom. The van der Waals surface area contributed by atoms with Gasteiger partial charge in [0.2, 0.25) is 0 Å². The fourth-order valence-electron chi connectivity index (χ4n) is 2.21. The summed E-state index contributed by atoms with van der Waals surface area (Å²) in [6.07, 6.45) is 6.18. The van der Waals surface area contributed by atoms with Crippen molar-refractivity contribution in [2.45, 2.75) is 39.3 Å². The highest BCUT2D eigenvalue weighted by Gasteiger charge is 2.17. The van der Waals surface area contributed by atoms with Crippen molar-refractivity contribution in [3.05, 3.63) is 23.8 Å².